The van der Waals surface area contributed by atoms with E-state index in [0.29, 0.717) is 16.7 Å². The molecule has 2 atom stereocenters. The number of carbonyl (C=O) groups excluding carboxylic acids is 1. The van der Waals surface area contributed by atoms with Crippen molar-refractivity contribution in [1.82, 2.24) is 30.4 Å². The molecule has 4 rings (SSSR count). The van der Waals surface area contributed by atoms with Crippen LogP contribution >= 0.6 is 11.3 Å². The highest BCUT2D eigenvalue weighted by Gasteiger charge is 2.39. The molecule has 8 heteroatoms. The van der Waals surface area contributed by atoms with E-state index in [4.69, 9.17) is 0 Å². The second-order valence-electron chi connectivity index (χ2n) is 5.28. The van der Waals surface area contributed by atoms with Crippen molar-refractivity contribution in [2.45, 2.75) is 0 Å². The Morgan fingerprint density at radius 1 is 1.35 bits per heavy atom. The molecular formula is C12H14N6OS. The van der Waals surface area contributed by atoms with Crippen LogP contribution < -0.4 is 5.32 Å². The van der Waals surface area contributed by atoms with Crippen molar-refractivity contribution in [2.75, 3.05) is 26.2 Å². The summed E-state index contributed by atoms with van der Waals surface area (Å²) in [4.78, 5) is 15.4. The summed E-state index contributed by atoms with van der Waals surface area (Å²) >= 11 is 1.45. The molecule has 0 radical (unpaired) electrons. The Kier molecular flexibility index (Phi) is 2.78. The minimum Gasteiger partial charge on any atom is -0.337 e. The maximum atomic E-state index is 12.7. The van der Waals surface area contributed by atoms with Crippen molar-refractivity contribution >= 4 is 17.2 Å². The summed E-state index contributed by atoms with van der Waals surface area (Å²) in [6.45, 7) is 3.75. The number of likely N-dealkylation sites (tertiary alicyclic amines) is 1. The van der Waals surface area contributed by atoms with E-state index in [2.05, 4.69) is 20.8 Å². The fourth-order valence-electron chi connectivity index (χ4n) is 3.08. The summed E-state index contributed by atoms with van der Waals surface area (Å²) in [5.41, 5.74) is 0.764. The van der Waals surface area contributed by atoms with Crippen LogP contribution in [0.3, 0.4) is 0 Å². The fraction of sp³-hybridized carbons (Fsp3) is 0.500. The normalized spacial score (nSPS) is 25.1. The third-order valence-corrected chi connectivity index (χ3v) is 5.00. The van der Waals surface area contributed by atoms with Gasteiger partial charge in [0.25, 0.3) is 5.91 Å². The molecule has 0 spiro atoms. The van der Waals surface area contributed by atoms with Crippen LogP contribution in [-0.4, -0.2) is 57.2 Å². The first-order valence-electron chi connectivity index (χ1n) is 6.64. The van der Waals surface area contributed by atoms with Crippen molar-refractivity contribution in [2.24, 2.45) is 11.8 Å². The van der Waals surface area contributed by atoms with E-state index in [1.165, 1.54) is 17.7 Å². The van der Waals surface area contributed by atoms with Crippen LogP contribution in [0.4, 0.5) is 0 Å². The number of fused-ring (bicyclic) bond motifs is 1. The molecule has 104 valence electrons. The van der Waals surface area contributed by atoms with E-state index in [1.54, 1.807) is 4.68 Å². The lowest BCUT2D eigenvalue weighted by atomic mass is 10.0. The van der Waals surface area contributed by atoms with Gasteiger partial charge < -0.3 is 10.2 Å². The second-order valence-corrected chi connectivity index (χ2v) is 6.19. The minimum absolute atomic E-state index is 0.0971. The lowest BCUT2D eigenvalue weighted by Crippen LogP contribution is -2.31. The van der Waals surface area contributed by atoms with Crippen molar-refractivity contribution < 1.29 is 4.79 Å². The minimum atomic E-state index is 0.0971. The number of tetrazole rings is 1. The van der Waals surface area contributed by atoms with Gasteiger partial charge in [0.15, 0.2) is 0 Å². The topological polar surface area (TPSA) is 75.9 Å². The number of hydrogen-bond donors (Lipinski definition) is 1. The molecule has 0 aromatic carbocycles. The zero-order valence-corrected chi connectivity index (χ0v) is 11.6. The van der Waals surface area contributed by atoms with E-state index < -0.39 is 0 Å². The third-order valence-electron chi connectivity index (χ3n) is 4.11. The highest BCUT2D eigenvalue weighted by molar-refractivity contribution is 7.12. The molecule has 2 saturated heterocycles. The number of nitrogens with zero attached hydrogens (tertiary/aromatic N) is 5. The smallest absolute Gasteiger partial charge is 0.266 e. The lowest BCUT2D eigenvalue weighted by Gasteiger charge is -2.17. The summed E-state index contributed by atoms with van der Waals surface area (Å²) in [6.07, 6.45) is 1.52. The number of rotatable bonds is 2. The number of hydrogen-bond acceptors (Lipinski definition) is 6. The molecule has 0 bridgehead atoms. The monoisotopic (exact) mass is 290 g/mol. The Balaban J connectivity index is 1.59. The summed E-state index contributed by atoms with van der Waals surface area (Å²) in [5, 5.41) is 16.4. The van der Waals surface area contributed by atoms with Gasteiger partial charge in [0.05, 0.1) is 5.69 Å². The maximum absolute atomic E-state index is 12.7. The zero-order chi connectivity index (χ0) is 13.5. The first-order chi connectivity index (χ1) is 9.83. The van der Waals surface area contributed by atoms with Gasteiger partial charge in [0.1, 0.15) is 11.2 Å². The Hall–Kier alpha value is -1.80. The molecule has 4 heterocycles. The molecule has 2 aromatic rings. The number of aromatic nitrogens is 4. The Bertz CT molecular complexity index is 612. The summed E-state index contributed by atoms with van der Waals surface area (Å²) in [5.74, 6) is 1.31. The van der Waals surface area contributed by atoms with Crippen LogP contribution in [0.2, 0.25) is 0 Å². The standard InChI is InChI=1S/C12H14N6OS/c19-12(17-5-8-3-13-4-9(8)6-17)11-10(1-2-20-11)18-7-14-15-16-18/h1-2,7-9,13H,3-6H2/t8-,9+. The van der Waals surface area contributed by atoms with E-state index >= 15 is 0 Å². The molecule has 2 aromatic heterocycles. The predicted molar refractivity (Wildman–Crippen MR) is 72.8 cm³/mol. The molecule has 2 aliphatic heterocycles. The van der Waals surface area contributed by atoms with Crippen LogP contribution in [0.25, 0.3) is 5.69 Å². The average molecular weight is 290 g/mol. The summed E-state index contributed by atoms with van der Waals surface area (Å²) in [7, 11) is 0. The van der Waals surface area contributed by atoms with Gasteiger partial charge in [-0.3, -0.25) is 4.79 Å². The zero-order valence-electron chi connectivity index (χ0n) is 10.8. The molecule has 20 heavy (non-hydrogen) atoms. The molecule has 2 aliphatic rings. The lowest BCUT2D eigenvalue weighted by molar-refractivity contribution is 0.0786. The van der Waals surface area contributed by atoms with Gasteiger partial charge in [-0.1, -0.05) is 0 Å². The molecule has 7 nitrogen and oxygen atoms in total. The molecule has 1 N–H and O–H groups in total. The first-order valence-corrected chi connectivity index (χ1v) is 7.52. The van der Waals surface area contributed by atoms with Gasteiger partial charge in [-0.15, -0.1) is 16.4 Å². The van der Waals surface area contributed by atoms with Crippen LogP contribution in [0.15, 0.2) is 17.8 Å². The van der Waals surface area contributed by atoms with Gasteiger partial charge in [0.2, 0.25) is 0 Å². The quantitative estimate of drug-likeness (QED) is 0.843. The fourth-order valence-corrected chi connectivity index (χ4v) is 3.92. The number of carbonyl (C=O) groups is 1. The van der Waals surface area contributed by atoms with Crippen molar-refractivity contribution in [3.8, 4) is 5.69 Å². The third kappa shape index (κ3) is 1.83. The molecule has 0 unspecified atom stereocenters. The molecule has 0 aliphatic carbocycles. The van der Waals surface area contributed by atoms with E-state index in [1.807, 2.05) is 16.3 Å². The second kappa shape index (κ2) is 4.64. The largest absolute Gasteiger partial charge is 0.337 e. The van der Waals surface area contributed by atoms with Crippen molar-refractivity contribution in [3.05, 3.63) is 22.7 Å². The van der Waals surface area contributed by atoms with Crippen LogP contribution in [0.1, 0.15) is 9.67 Å². The SMILES string of the molecule is O=C(c1sccc1-n1cnnn1)N1C[C@H]2CNC[C@H]2C1. The highest BCUT2D eigenvalue weighted by atomic mass is 32.1. The molecular weight excluding hydrogens is 276 g/mol. The van der Waals surface area contributed by atoms with Crippen LogP contribution in [0.5, 0.6) is 0 Å². The van der Waals surface area contributed by atoms with Crippen molar-refractivity contribution in [1.29, 1.82) is 0 Å². The number of amides is 1. The number of thiophene rings is 1. The molecule has 0 saturated carbocycles. The Labute approximate surface area is 119 Å². The Morgan fingerprint density at radius 3 is 2.85 bits per heavy atom. The van der Waals surface area contributed by atoms with Crippen LogP contribution in [-0.2, 0) is 0 Å². The predicted octanol–water partition coefficient (Wildman–Crippen LogP) is 0.0152. The average Bonchev–Trinajstić information content (AvgIpc) is 3.19. The Morgan fingerprint density at radius 2 is 2.15 bits per heavy atom. The van der Waals surface area contributed by atoms with Gasteiger partial charge in [-0.2, -0.15) is 4.68 Å². The number of nitrogens with one attached hydrogen (secondary N) is 1. The van der Waals surface area contributed by atoms with Gasteiger partial charge in [-0.25, -0.2) is 0 Å². The van der Waals surface area contributed by atoms with Crippen LogP contribution in [0, 0.1) is 11.8 Å². The summed E-state index contributed by atoms with van der Waals surface area (Å²) < 4.78 is 1.54. The van der Waals surface area contributed by atoms with Gasteiger partial charge in [-0.05, 0) is 33.7 Å². The van der Waals surface area contributed by atoms with Gasteiger partial charge in [0, 0.05) is 26.2 Å². The van der Waals surface area contributed by atoms with E-state index in [-0.39, 0.29) is 5.91 Å². The molecule has 2 fully saturated rings. The van der Waals surface area contributed by atoms with E-state index in [9.17, 15) is 4.79 Å². The first kappa shape index (κ1) is 12.0. The van der Waals surface area contributed by atoms with Crippen molar-refractivity contribution in [3.63, 3.8) is 0 Å². The highest BCUT2D eigenvalue weighted by Crippen LogP contribution is 2.30. The van der Waals surface area contributed by atoms with Gasteiger partial charge >= 0.3 is 0 Å². The summed E-state index contributed by atoms with van der Waals surface area (Å²) in [6, 6.07) is 1.88. The molecule has 1 amide bonds. The maximum Gasteiger partial charge on any atom is 0.266 e. The van der Waals surface area contributed by atoms with E-state index in [0.717, 1.165) is 31.9 Å².